The highest BCUT2D eigenvalue weighted by Gasteiger charge is 2.20. The fraction of sp³-hybridized carbons (Fsp3) is 0.571. The van der Waals surface area contributed by atoms with Crippen molar-refractivity contribution >= 4 is 17.3 Å². The van der Waals surface area contributed by atoms with Gasteiger partial charge in [-0.25, -0.2) is 0 Å². The fourth-order valence-electron chi connectivity index (χ4n) is 2.68. The number of hydrogen-bond acceptors (Lipinski definition) is 2. The molecule has 0 aromatic heterocycles. The van der Waals surface area contributed by atoms with Gasteiger partial charge in [0.1, 0.15) is 0 Å². The van der Waals surface area contributed by atoms with E-state index in [0.29, 0.717) is 12.5 Å². The maximum atomic E-state index is 9.03. The summed E-state index contributed by atoms with van der Waals surface area (Å²) >= 11 is 5.98. The van der Waals surface area contributed by atoms with E-state index in [0.717, 1.165) is 24.5 Å². The van der Waals surface area contributed by atoms with Crippen LogP contribution in [0.5, 0.6) is 0 Å². The Kier molecular flexibility index (Phi) is 4.30. The summed E-state index contributed by atoms with van der Waals surface area (Å²) in [5.41, 5.74) is 2.53. The number of aryl methyl sites for hydroxylation is 1. The Balaban J connectivity index is 2.10. The summed E-state index contributed by atoms with van der Waals surface area (Å²) in [6.45, 7) is 4.59. The molecule has 2 nitrogen and oxygen atoms in total. The van der Waals surface area contributed by atoms with Crippen molar-refractivity contribution in [1.29, 1.82) is 0 Å². The van der Waals surface area contributed by atoms with Crippen molar-refractivity contribution in [3.8, 4) is 0 Å². The molecule has 1 aromatic carbocycles. The molecule has 1 heterocycles. The minimum Gasteiger partial charge on any atom is -0.396 e. The van der Waals surface area contributed by atoms with Gasteiger partial charge in [0, 0.05) is 30.4 Å². The Bertz CT molecular complexity index is 378. The van der Waals surface area contributed by atoms with Crippen LogP contribution in [-0.4, -0.2) is 24.8 Å². The molecule has 0 amide bonds. The second-order valence-corrected chi connectivity index (χ2v) is 5.33. The van der Waals surface area contributed by atoms with Crippen LogP contribution in [0.3, 0.4) is 0 Å². The van der Waals surface area contributed by atoms with Crippen molar-refractivity contribution in [3.05, 3.63) is 28.8 Å². The maximum absolute atomic E-state index is 9.03. The van der Waals surface area contributed by atoms with E-state index in [1.165, 1.54) is 24.1 Å². The Hall–Kier alpha value is -0.730. The average Bonchev–Trinajstić information content (AvgIpc) is 2.29. The molecule has 0 radical (unpaired) electrons. The first kappa shape index (κ1) is 12.7. The predicted molar refractivity (Wildman–Crippen MR) is 72.8 cm³/mol. The van der Waals surface area contributed by atoms with E-state index in [1.807, 2.05) is 12.1 Å². The Labute approximate surface area is 108 Å². The summed E-state index contributed by atoms with van der Waals surface area (Å²) in [6, 6.07) is 6.09. The van der Waals surface area contributed by atoms with E-state index in [9.17, 15) is 0 Å². The monoisotopic (exact) mass is 253 g/mol. The summed E-state index contributed by atoms with van der Waals surface area (Å²) in [5.74, 6) is 0.629. The molecule has 17 heavy (non-hydrogen) atoms. The SMILES string of the molecule is Cc1cc(Cl)ccc1N1CCCC(CCO)C1. The minimum atomic E-state index is 0.304. The highest BCUT2D eigenvalue weighted by Crippen LogP contribution is 2.28. The van der Waals surface area contributed by atoms with E-state index in [1.54, 1.807) is 0 Å². The van der Waals surface area contributed by atoms with Crippen LogP contribution in [0.15, 0.2) is 18.2 Å². The molecule has 1 aromatic rings. The van der Waals surface area contributed by atoms with Crippen LogP contribution < -0.4 is 4.90 Å². The van der Waals surface area contributed by atoms with Gasteiger partial charge in [-0.15, -0.1) is 0 Å². The quantitative estimate of drug-likeness (QED) is 0.894. The lowest BCUT2D eigenvalue weighted by Gasteiger charge is -2.35. The highest BCUT2D eigenvalue weighted by atomic mass is 35.5. The molecular formula is C14H20ClNO. The van der Waals surface area contributed by atoms with Gasteiger partial charge in [-0.05, 0) is 55.9 Å². The number of piperidine rings is 1. The number of aliphatic hydroxyl groups is 1. The Morgan fingerprint density at radius 3 is 3.00 bits per heavy atom. The molecule has 2 rings (SSSR count). The molecule has 1 saturated heterocycles. The lowest BCUT2D eigenvalue weighted by Crippen LogP contribution is -2.36. The normalized spacial score (nSPS) is 20.6. The zero-order valence-electron chi connectivity index (χ0n) is 10.3. The molecule has 0 aliphatic carbocycles. The van der Waals surface area contributed by atoms with Crippen LogP contribution in [0, 0.1) is 12.8 Å². The Morgan fingerprint density at radius 1 is 1.47 bits per heavy atom. The first-order valence-corrected chi connectivity index (χ1v) is 6.70. The number of halogens is 1. The maximum Gasteiger partial charge on any atom is 0.0434 e. The molecule has 0 saturated carbocycles. The smallest absolute Gasteiger partial charge is 0.0434 e. The first-order chi connectivity index (χ1) is 8.20. The second kappa shape index (κ2) is 5.74. The molecular weight excluding hydrogens is 234 g/mol. The van der Waals surface area contributed by atoms with E-state index >= 15 is 0 Å². The number of rotatable bonds is 3. The lowest BCUT2D eigenvalue weighted by molar-refractivity contribution is 0.244. The standard InChI is InChI=1S/C14H20ClNO/c1-11-9-13(15)4-5-14(11)16-7-2-3-12(10-16)6-8-17/h4-5,9,12,17H,2-3,6-8,10H2,1H3. The molecule has 1 unspecified atom stereocenters. The summed E-state index contributed by atoms with van der Waals surface area (Å²) in [4.78, 5) is 2.43. The van der Waals surface area contributed by atoms with Crippen LogP contribution in [0.25, 0.3) is 0 Å². The number of hydrogen-bond donors (Lipinski definition) is 1. The largest absolute Gasteiger partial charge is 0.396 e. The second-order valence-electron chi connectivity index (χ2n) is 4.90. The van der Waals surface area contributed by atoms with E-state index < -0.39 is 0 Å². The van der Waals surface area contributed by atoms with Gasteiger partial charge in [0.15, 0.2) is 0 Å². The third-order valence-electron chi connectivity index (χ3n) is 3.56. The lowest BCUT2D eigenvalue weighted by atomic mass is 9.94. The topological polar surface area (TPSA) is 23.5 Å². The first-order valence-electron chi connectivity index (χ1n) is 6.32. The fourth-order valence-corrected chi connectivity index (χ4v) is 2.90. The van der Waals surface area contributed by atoms with Gasteiger partial charge in [0.2, 0.25) is 0 Å². The van der Waals surface area contributed by atoms with Crippen molar-refractivity contribution < 1.29 is 5.11 Å². The van der Waals surface area contributed by atoms with Crippen LogP contribution >= 0.6 is 11.6 Å². The van der Waals surface area contributed by atoms with Gasteiger partial charge in [-0.3, -0.25) is 0 Å². The highest BCUT2D eigenvalue weighted by molar-refractivity contribution is 6.30. The van der Waals surface area contributed by atoms with Gasteiger partial charge in [-0.2, -0.15) is 0 Å². The summed E-state index contributed by atoms with van der Waals surface area (Å²) in [7, 11) is 0. The predicted octanol–water partition coefficient (Wildman–Crippen LogP) is 3.25. The van der Waals surface area contributed by atoms with Crippen LogP contribution in [0.1, 0.15) is 24.8 Å². The molecule has 94 valence electrons. The number of aliphatic hydroxyl groups excluding tert-OH is 1. The zero-order chi connectivity index (χ0) is 12.3. The van der Waals surface area contributed by atoms with Gasteiger partial charge < -0.3 is 10.0 Å². The molecule has 0 bridgehead atoms. The van der Waals surface area contributed by atoms with Gasteiger partial charge in [-0.1, -0.05) is 11.6 Å². The molecule has 1 aliphatic rings. The van der Waals surface area contributed by atoms with Crippen molar-refractivity contribution in [2.45, 2.75) is 26.2 Å². The van der Waals surface area contributed by atoms with Crippen LogP contribution in [0.2, 0.25) is 5.02 Å². The number of nitrogens with zero attached hydrogens (tertiary/aromatic N) is 1. The molecule has 3 heteroatoms. The molecule has 1 N–H and O–H groups in total. The minimum absolute atomic E-state index is 0.304. The Morgan fingerprint density at radius 2 is 2.29 bits per heavy atom. The average molecular weight is 254 g/mol. The van der Waals surface area contributed by atoms with Crippen LogP contribution in [-0.2, 0) is 0 Å². The summed E-state index contributed by atoms with van der Waals surface area (Å²) < 4.78 is 0. The van der Waals surface area contributed by atoms with Gasteiger partial charge in [0.05, 0.1) is 0 Å². The van der Waals surface area contributed by atoms with Gasteiger partial charge >= 0.3 is 0 Å². The molecule has 1 atom stereocenters. The van der Waals surface area contributed by atoms with E-state index in [2.05, 4.69) is 17.9 Å². The van der Waals surface area contributed by atoms with Crippen molar-refractivity contribution in [1.82, 2.24) is 0 Å². The molecule has 0 spiro atoms. The van der Waals surface area contributed by atoms with Crippen molar-refractivity contribution in [3.63, 3.8) is 0 Å². The summed E-state index contributed by atoms with van der Waals surface area (Å²) in [6.07, 6.45) is 3.37. The van der Waals surface area contributed by atoms with Crippen molar-refractivity contribution in [2.24, 2.45) is 5.92 Å². The van der Waals surface area contributed by atoms with E-state index in [-0.39, 0.29) is 0 Å². The number of anilines is 1. The van der Waals surface area contributed by atoms with Gasteiger partial charge in [0.25, 0.3) is 0 Å². The van der Waals surface area contributed by atoms with E-state index in [4.69, 9.17) is 16.7 Å². The zero-order valence-corrected chi connectivity index (χ0v) is 11.1. The third kappa shape index (κ3) is 3.14. The van der Waals surface area contributed by atoms with Crippen LogP contribution in [0.4, 0.5) is 5.69 Å². The molecule has 1 aliphatic heterocycles. The third-order valence-corrected chi connectivity index (χ3v) is 3.79. The summed E-state index contributed by atoms with van der Waals surface area (Å²) in [5, 5.41) is 9.83. The van der Waals surface area contributed by atoms with Crippen molar-refractivity contribution in [2.75, 3.05) is 24.6 Å². The number of benzene rings is 1. The molecule has 1 fully saturated rings.